The van der Waals surface area contributed by atoms with Crippen LogP contribution in [0.15, 0.2) is 12.1 Å². The molecule has 4 N–H and O–H groups in total. The van der Waals surface area contributed by atoms with Crippen molar-refractivity contribution in [2.45, 2.75) is 0 Å². The molecule has 0 unspecified atom stereocenters. The van der Waals surface area contributed by atoms with Gasteiger partial charge in [0.1, 0.15) is 5.69 Å². The van der Waals surface area contributed by atoms with Crippen molar-refractivity contribution in [3.8, 4) is 0 Å². The van der Waals surface area contributed by atoms with Crippen molar-refractivity contribution >= 4 is 23.0 Å². The second kappa shape index (κ2) is 7.28. The van der Waals surface area contributed by atoms with Crippen LogP contribution < -0.4 is 10.6 Å². The topological polar surface area (TPSA) is 173 Å². The number of nitrogens with zero attached hydrogens (tertiary/aromatic N) is 3. The van der Waals surface area contributed by atoms with Crippen molar-refractivity contribution < 1.29 is 24.9 Å². The van der Waals surface area contributed by atoms with Gasteiger partial charge in [-0.15, -0.1) is 0 Å². The lowest BCUT2D eigenvalue weighted by molar-refractivity contribution is -0.393. The van der Waals surface area contributed by atoms with Gasteiger partial charge in [0.2, 0.25) is 0 Å². The van der Waals surface area contributed by atoms with Crippen molar-refractivity contribution in [2.75, 3.05) is 31.2 Å². The molecule has 1 amide bonds. The summed E-state index contributed by atoms with van der Waals surface area (Å²) in [6.45, 7) is -1.07. The molecule has 22 heavy (non-hydrogen) atoms. The van der Waals surface area contributed by atoms with E-state index in [-0.39, 0.29) is 18.8 Å². The third-order valence-corrected chi connectivity index (χ3v) is 2.80. The van der Waals surface area contributed by atoms with E-state index in [0.29, 0.717) is 6.07 Å². The summed E-state index contributed by atoms with van der Waals surface area (Å²) in [5, 5.41) is 40.0. The number of hydrogen-bond acceptors (Lipinski definition) is 8. The molecule has 1 aromatic carbocycles. The van der Waals surface area contributed by atoms with Crippen molar-refractivity contribution in [3.05, 3.63) is 37.9 Å². The maximum Gasteiger partial charge on any atom is 0.300 e. The van der Waals surface area contributed by atoms with Gasteiger partial charge < -0.3 is 20.8 Å². The Morgan fingerprint density at radius 3 is 2.05 bits per heavy atom. The molecule has 0 saturated carbocycles. The summed E-state index contributed by atoms with van der Waals surface area (Å²) < 4.78 is 0. The minimum Gasteiger partial charge on any atom is -0.395 e. The zero-order chi connectivity index (χ0) is 16.9. The Kier molecular flexibility index (Phi) is 5.72. The number of benzene rings is 1. The molecule has 0 saturated heterocycles. The molecule has 0 bridgehead atoms. The third-order valence-electron chi connectivity index (χ3n) is 2.80. The molecular formula is C11H14N4O7. The maximum atomic E-state index is 11.5. The first-order valence-corrected chi connectivity index (χ1v) is 6.06. The lowest BCUT2D eigenvalue weighted by atomic mass is 10.1. The molecule has 0 aliphatic carbocycles. The predicted molar refractivity (Wildman–Crippen MR) is 74.7 cm³/mol. The molecule has 0 fully saturated rings. The molecule has 1 aromatic rings. The van der Waals surface area contributed by atoms with Crippen LogP contribution in [0.3, 0.4) is 0 Å². The number of carbonyl (C=O) groups is 1. The summed E-state index contributed by atoms with van der Waals surface area (Å²) in [6, 6.07) is 1.52. The maximum absolute atomic E-state index is 11.5. The third kappa shape index (κ3) is 3.65. The van der Waals surface area contributed by atoms with Gasteiger partial charge >= 0.3 is 0 Å². The van der Waals surface area contributed by atoms with Crippen LogP contribution in [0.25, 0.3) is 0 Å². The van der Waals surface area contributed by atoms with Crippen molar-refractivity contribution in [2.24, 2.45) is 5.73 Å². The summed E-state index contributed by atoms with van der Waals surface area (Å²) in [7, 11) is 0. The number of hydrogen-bond donors (Lipinski definition) is 3. The molecule has 11 nitrogen and oxygen atoms in total. The van der Waals surface area contributed by atoms with E-state index in [2.05, 4.69) is 0 Å². The smallest absolute Gasteiger partial charge is 0.300 e. The highest BCUT2D eigenvalue weighted by molar-refractivity contribution is 6.01. The van der Waals surface area contributed by atoms with Gasteiger partial charge in [-0.05, 0) is 0 Å². The number of anilines is 1. The molecule has 1 rings (SSSR count). The molecule has 0 aliphatic heterocycles. The Balaban J connectivity index is 3.66. The first-order chi connectivity index (χ1) is 10.3. The number of amides is 1. The molecule has 0 aromatic heterocycles. The Morgan fingerprint density at radius 2 is 1.68 bits per heavy atom. The van der Waals surface area contributed by atoms with Gasteiger partial charge in [0.05, 0.1) is 34.7 Å². The fourth-order valence-corrected chi connectivity index (χ4v) is 1.95. The fraction of sp³-hybridized carbons (Fsp3) is 0.364. The minimum absolute atomic E-state index is 0.126. The number of aliphatic hydroxyl groups excluding tert-OH is 2. The average molecular weight is 314 g/mol. The van der Waals surface area contributed by atoms with Crippen LogP contribution >= 0.6 is 0 Å². The van der Waals surface area contributed by atoms with Gasteiger partial charge in [0, 0.05) is 19.2 Å². The van der Waals surface area contributed by atoms with E-state index in [4.69, 9.17) is 15.9 Å². The van der Waals surface area contributed by atoms with E-state index in [1.54, 1.807) is 0 Å². The second-order valence-corrected chi connectivity index (χ2v) is 4.17. The van der Waals surface area contributed by atoms with Gasteiger partial charge in [0.15, 0.2) is 0 Å². The normalized spacial score (nSPS) is 10.3. The summed E-state index contributed by atoms with van der Waals surface area (Å²) >= 11 is 0. The number of rotatable bonds is 8. The van der Waals surface area contributed by atoms with Crippen LogP contribution in [0.4, 0.5) is 17.1 Å². The van der Waals surface area contributed by atoms with Crippen molar-refractivity contribution in [1.82, 2.24) is 0 Å². The lowest BCUT2D eigenvalue weighted by Gasteiger charge is -2.24. The standard InChI is InChI=1S/C11H14N4O7/c12-11(18)8-5-7(14(19)20)6-9(15(21)22)10(8)13(1-3-16)2-4-17/h5-6,16-17H,1-4H2,(H2,12,18). The number of nitro benzene ring substituents is 2. The number of carbonyl (C=O) groups excluding carboxylic acids is 1. The zero-order valence-electron chi connectivity index (χ0n) is 11.3. The molecule has 0 spiro atoms. The van der Waals surface area contributed by atoms with Crippen LogP contribution in [0.5, 0.6) is 0 Å². The van der Waals surface area contributed by atoms with E-state index in [9.17, 15) is 25.0 Å². The largest absolute Gasteiger partial charge is 0.395 e. The zero-order valence-corrected chi connectivity index (χ0v) is 11.3. The van der Waals surface area contributed by atoms with E-state index in [1.807, 2.05) is 0 Å². The number of non-ortho nitro benzene ring substituents is 1. The Labute approximate surface area is 123 Å². The molecule has 120 valence electrons. The van der Waals surface area contributed by atoms with Gasteiger partial charge in [-0.25, -0.2) is 0 Å². The highest BCUT2D eigenvalue weighted by atomic mass is 16.6. The Morgan fingerprint density at radius 1 is 1.14 bits per heavy atom. The minimum atomic E-state index is -1.09. The van der Waals surface area contributed by atoms with E-state index in [0.717, 1.165) is 6.07 Å². The summed E-state index contributed by atoms with van der Waals surface area (Å²) in [6.07, 6.45) is 0. The quantitative estimate of drug-likeness (QED) is 0.421. The fourth-order valence-electron chi connectivity index (χ4n) is 1.95. The Hall–Kier alpha value is -2.79. The van der Waals surface area contributed by atoms with E-state index >= 15 is 0 Å². The summed E-state index contributed by atoms with van der Waals surface area (Å²) in [4.78, 5) is 32.9. The van der Waals surface area contributed by atoms with Gasteiger partial charge in [0.25, 0.3) is 17.3 Å². The van der Waals surface area contributed by atoms with Gasteiger partial charge in [-0.2, -0.15) is 0 Å². The number of aliphatic hydroxyl groups is 2. The monoisotopic (exact) mass is 314 g/mol. The van der Waals surface area contributed by atoms with Gasteiger partial charge in [-0.1, -0.05) is 0 Å². The van der Waals surface area contributed by atoms with Crippen LogP contribution in [-0.4, -0.2) is 52.3 Å². The predicted octanol–water partition coefficient (Wildman–Crippen LogP) is -0.607. The summed E-state index contributed by atoms with van der Waals surface area (Å²) in [5.41, 5.74) is 3.09. The van der Waals surface area contributed by atoms with Gasteiger partial charge in [-0.3, -0.25) is 25.0 Å². The van der Waals surface area contributed by atoms with Crippen molar-refractivity contribution in [1.29, 1.82) is 0 Å². The van der Waals surface area contributed by atoms with E-state index < -0.39 is 45.9 Å². The Bertz CT molecular complexity index is 563. The summed E-state index contributed by atoms with van der Waals surface area (Å²) in [5.74, 6) is -1.09. The molecule has 0 radical (unpaired) electrons. The molecule has 0 aliphatic rings. The van der Waals surface area contributed by atoms with Crippen LogP contribution in [0.1, 0.15) is 10.4 Å². The van der Waals surface area contributed by atoms with Crippen molar-refractivity contribution in [3.63, 3.8) is 0 Å². The number of primary amides is 1. The first-order valence-electron chi connectivity index (χ1n) is 6.06. The molecule has 0 atom stereocenters. The SMILES string of the molecule is NC(=O)c1cc([N+](=O)[O-])cc([N+](=O)[O-])c1N(CCO)CCO. The first kappa shape index (κ1) is 17.3. The number of nitro groups is 2. The lowest BCUT2D eigenvalue weighted by Crippen LogP contribution is -2.32. The highest BCUT2D eigenvalue weighted by Gasteiger charge is 2.29. The van der Waals surface area contributed by atoms with Crippen LogP contribution in [-0.2, 0) is 0 Å². The van der Waals surface area contributed by atoms with Crippen LogP contribution in [0, 0.1) is 20.2 Å². The van der Waals surface area contributed by atoms with Crippen LogP contribution in [0.2, 0.25) is 0 Å². The number of nitrogens with two attached hydrogens (primary N) is 1. The molecule has 0 heterocycles. The average Bonchev–Trinajstić information content (AvgIpc) is 2.45. The highest BCUT2D eigenvalue weighted by Crippen LogP contribution is 2.36. The molecular weight excluding hydrogens is 300 g/mol. The van der Waals surface area contributed by atoms with E-state index in [1.165, 1.54) is 4.90 Å². The molecule has 11 heteroatoms. The second-order valence-electron chi connectivity index (χ2n) is 4.17.